The van der Waals surface area contributed by atoms with E-state index in [1.165, 1.54) is 18.2 Å². The second-order valence-corrected chi connectivity index (χ2v) is 9.78. The molecule has 0 saturated heterocycles. The molecule has 156 valence electrons. The lowest BCUT2D eigenvalue weighted by atomic mass is 9.82. The average Bonchev–Trinajstić information content (AvgIpc) is 2.58. The summed E-state index contributed by atoms with van der Waals surface area (Å²) in [5, 5.41) is 20.3. The molecule has 0 saturated carbocycles. The summed E-state index contributed by atoms with van der Waals surface area (Å²) >= 11 is 0. The number of halogens is 1. The molecule has 2 aromatic carbocycles. The highest BCUT2D eigenvalue weighted by Gasteiger charge is 2.20. The molecule has 0 aromatic heterocycles. The number of phenolic OH excluding ortho intramolecular Hbond substituents is 2. The first-order valence-corrected chi connectivity index (χ1v) is 10.0. The maximum Gasteiger partial charge on any atom is 0.127 e. The van der Waals surface area contributed by atoms with Crippen molar-refractivity contribution in [3.63, 3.8) is 0 Å². The molecule has 0 atom stereocenters. The summed E-state index contributed by atoms with van der Waals surface area (Å²) in [4.78, 5) is 0. The van der Waals surface area contributed by atoms with Crippen molar-refractivity contribution in [3.05, 3.63) is 71.1 Å². The van der Waals surface area contributed by atoms with Crippen LogP contribution in [0.5, 0.6) is 11.5 Å². The quantitative estimate of drug-likeness (QED) is 0.522. The van der Waals surface area contributed by atoms with E-state index in [9.17, 15) is 14.6 Å². The van der Waals surface area contributed by atoms with Gasteiger partial charge in [-0.2, -0.15) is 0 Å². The molecule has 0 fully saturated rings. The van der Waals surface area contributed by atoms with Crippen LogP contribution in [0.3, 0.4) is 0 Å². The number of aromatic hydroxyl groups is 2. The van der Waals surface area contributed by atoms with Gasteiger partial charge in [0.15, 0.2) is 0 Å². The van der Waals surface area contributed by atoms with E-state index < -0.39 is 0 Å². The van der Waals surface area contributed by atoms with Gasteiger partial charge in [0.05, 0.1) is 0 Å². The van der Waals surface area contributed by atoms with Gasteiger partial charge in [0, 0.05) is 11.1 Å². The van der Waals surface area contributed by atoms with Crippen molar-refractivity contribution >= 4 is 12.2 Å². The van der Waals surface area contributed by atoms with E-state index in [4.69, 9.17) is 0 Å². The maximum absolute atomic E-state index is 14.3. The summed E-state index contributed by atoms with van der Waals surface area (Å²) in [5.41, 5.74) is 2.74. The number of hydrogen-bond donors (Lipinski definition) is 2. The Hall–Kier alpha value is -2.55. The zero-order valence-corrected chi connectivity index (χ0v) is 18.2. The number of phenols is 2. The lowest BCUT2D eigenvalue weighted by molar-refractivity contribution is 0.361. The number of rotatable bonds is 7. The molecule has 2 N–H and O–H groups in total. The smallest absolute Gasteiger partial charge is 0.127 e. The number of allylic oxidation sites excluding steroid dienone is 1. The minimum absolute atomic E-state index is 0.0445. The van der Waals surface area contributed by atoms with Crippen LogP contribution in [0.2, 0.25) is 0 Å². The van der Waals surface area contributed by atoms with Gasteiger partial charge in [-0.3, -0.25) is 0 Å². The topological polar surface area (TPSA) is 40.5 Å². The first-order valence-electron chi connectivity index (χ1n) is 10.0. The fourth-order valence-electron chi connectivity index (χ4n) is 3.46. The molecule has 3 heteroatoms. The van der Waals surface area contributed by atoms with Crippen LogP contribution in [-0.4, -0.2) is 10.2 Å². The van der Waals surface area contributed by atoms with Crippen LogP contribution in [0.15, 0.2) is 43.0 Å². The molecule has 0 aliphatic carbocycles. The Morgan fingerprint density at radius 2 is 1.59 bits per heavy atom. The third-order valence-electron chi connectivity index (χ3n) is 4.88. The van der Waals surface area contributed by atoms with Crippen molar-refractivity contribution in [2.45, 2.75) is 53.9 Å². The molecule has 2 rings (SSSR count). The van der Waals surface area contributed by atoms with Crippen molar-refractivity contribution < 1.29 is 14.6 Å². The minimum Gasteiger partial charge on any atom is -0.507 e. The summed E-state index contributed by atoms with van der Waals surface area (Å²) < 4.78 is 14.3. The molecule has 0 heterocycles. The Balaban J connectivity index is 2.07. The standard InChI is InChI=1S/C26H33FO2/c1-7-19-14-22(27)21(15-24(19)29)17-26(5,6)12-8-9-20-11-10-18(13-23(20)28)16-25(2,3)4/h7-11,13-15,28-29H,1,12,16-17H2,2-6H3/b9-8+. The summed E-state index contributed by atoms with van der Waals surface area (Å²) in [7, 11) is 0. The van der Waals surface area contributed by atoms with E-state index in [1.54, 1.807) is 0 Å². The molecule has 0 unspecified atom stereocenters. The predicted octanol–water partition coefficient (Wildman–Crippen LogP) is 7.14. The average molecular weight is 397 g/mol. The highest BCUT2D eigenvalue weighted by molar-refractivity contribution is 5.58. The van der Waals surface area contributed by atoms with E-state index in [1.807, 2.05) is 24.3 Å². The molecule has 0 aliphatic heterocycles. The highest BCUT2D eigenvalue weighted by Crippen LogP contribution is 2.32. The van der Waals surface area contributed by atoms with Gasteiger partial charge < -0.3 is 10.2 Å². The minimum atomic E-state index is -0.332. The first-order chi connectivity index (χ1) is 13.4. The van der Waals surface area contributed by atoms with E-state index in [-0.39, 0.29) is 28.1 Å². The predicted molar refractivity (Wildman–Crippen MR) is 121 cm³/mol. The van der Waals surface area contributed by atoms with Crippen LogP contribution < -0.4 is 0 Å². The third-order valence-corrected chi connectivity index (χ3v) is 4.88. The van der Waals surface area contributed by atoms with Gasteiger partial charge in [0.25, 0.3) is 0 Å². The number of hydrogen-bond acceptors (Lipinski definition) is 2. The second kappa shape index (κ2) is 8.86. The van der Waals surface area contributed by atoms with Crippen LogP contribution in [0, 0.1) is 16.6 Å². The Kier molecular flexibility index (Phi) is 6.94. The van der Waals surface area contributed by atoms with E-state index in [0.717, 1.165) is 17.5 Å². The van der Waals surface area contributed by atoms with Crippen LogP contribution in [0.1, 0.15) is 63.3 Å². The zero-order chi connectivity index (χ0) is 21.8. The van der Waals surface area contributed by atoms with Gasteiger partial charge in [0.1, 0.15) is 17.3 Å². The molecule has 0 radical (unpaired) electrons. The van der Waals surface area contributed by atoms with Gasteiger partial charge in [-0.15, -0.1) is 0 Å². The van der Waals surface area contributed by atoms with Crippen molar-refractivity contribution in [2.75, 3.05) is 0 Å². The zero-order valence-electron chi connectivity index (χ0n) is 18.2. The molecule has 0 bridgehead atoms. The maximum atomic E-state index is 14.3. The van der Waals surface area contributed by atoms with Crippen molar-refractivity contribution in [1.29, 1.82) is 0 Å². The van der Waals surface area contributed by atoms with Crippen molar-refractivity contribution in [1.82, 2.24) is 0 Å². The summed E-state index contributed by atoms with van der Waals surface area (Å²) in [6.45, 7) is 14.2. The Labute approximate surface area is 174 Å². The van der Waals surface area contributed by atoms with Gasteiger partial charge in [-0.25, -0.2) is 4.39 Å². The first kappa shape index (κ1) is 22.7. The lowest BCUT2D eigenvalue weighted by Gasteiger charge is -2.23. The Morgan fingerprint density at radius 1 is 0.931 bits per heavy atom. The fraction of sp³-hybridized carbons (Fsp3) is 0.385. The Bertz CT molecular complexity index is 902. The third kappa shape index (κ3) is 6.77. The molecule has 2 nitrogen and oxygen atoms in total. The monoisotopic (exact) mass is 396 g/mol. The van der Waals surface area contributed by atoms with E-state index in [0.29, 0.717) is 24.0 Å². The van der Waals surface area contributed by atoms with E-state index in [2.05, 4.69) is 47.3 Å². The molecular weight excluding hydrogens is 363 g/mol. The van der Waals surface area contributed by atoms with Crippen LogP contribution in [0.4, 0.5) is 4.39 Å². The number of benzene rings is 2. The molecule has 2 aromatic rings. The SMILES string of the molecule is C=Cc1cc(F)c(CC(C)(C)C/C=C/c2ccc(CC(C)(C)C)cc2O)cc1O. The van der Waals surface area contributed by atoms with Crippen LogP contribution >= 0.6 is 0 Å². The molecular formula is C26H33FO2. The summed E-state index contributed by atoms with van der Waals surface area (Å²) in [5.74, 6) is -0.0124. The van der Waals surface area contributed by atoms with Gasteiger partial charge in [-0.1, -0.05) is 71.6 Å². The van der Waals surface area contributed by atoms with Crippen molar-refractivity contribution in [3.8, 4) is 11.5 Å². The van der Waals surface area contributed by atoms with Crippen LogP contribution in [-0.2, 0) is 12.8 Å². The van der Waals surface area contributed by atoms with Crippen LogP contribution in [0.25, 0.3) is 12.2 Å². The van der Waals surface area contributed by atoms with Crippen molar-refractivity contribution in [2.24, 2.45) is 10.8 Å². The van der Waals surface area contributed by atoms with Gasteiger partial charge in [0.2, 0.25) is 0 Å². The summed E-state index contributed by atoms with van der Waals surface area (Å²) in [6, 6.07) is 8.62. The normalized spacial score (nSPS) is 12.5. The fourth-order valence-corrected chi connectivity index (χ4v) is 3.46. The summed E-state index contributed by atoms with van der Waals surface area (Å²) in [6.07, 6.45) is 7.46. The highest BCUT2D eigenvalue weighted by atomic mass is 19.1. The second-order valence-electron chi connectivity index (χ2n) is 9.78. The van der Waals surface area contributed by atoms with Gasteiger partial charge in [-0.05, 0) is 59.4 Å². The largest absolute Gasteiger partial charge is 0.507 e. The molecule has 29 heavy (non-hydrogen) atoms. The van der Waals surface area contributed by atoms with Gasteiger partial charge >= 0.3 is 0 Å². The molecule has 0 spiro atoms. The lowest BCUT2D eigenvalue weighted by Crippen LogP contribution is -2.15. The molecule has 0 amide bonds. The Morgan fingerprint density at radius 3 is 2.17 bits per heavy atom. The van der Waals surface area contributed by atoms with E-state index >= 15 is 0 Å². The molecule has 0 aliphatic rings.